The summed E-state index contributed by atoms with van der Waals surface area (Å²) in [6.07, 6.45) is 1.66. The molecule has 0 saturated carbocycles. The van der Waals surface area contributed by atoms with Crippen molar-refractivity contribution in [2.45, 2.75) is 20.4 Å². The topological polar surface area (TPSA) is 72.5 Å². The van der Waals surface area contributed by atoms with Crippen LogP contribution in [0.2, 0.25) is 0 Å². The largest absolute Gasteiger partial charge is 0.454 e. The molecule has 1 aromatic heterocycles. The monoisotopic (exact) mass is 375 g/mol. The van der Waals surface area contributed by atoms with Gasteiger partial charge in [0.25, 0.3) is 5.91 Å². The third-order valence-corrected chi connectivity index (χ3v) is 4.77. The number of hydrogen-bond acceptors (Lipinski definition) is 5. The van der Waals surface area contributed by atoms with Crippen molar-refractivity contribution in [1.82, 2.24) is 10.3 Å². The number of aryl methyl sites for hydroxylation is 1. The second kappa shape index (κ2) is 7.60. The summed E-state index contributed by atoms with van der Waals surface area (Å²) in [5.74, 6) is 1.20. The van der Waals surface area contributed by atoms with E-state index in [-0.39, 0.29) is 12.7 Å². The molecule has 0 bridgehead atoms. The van der Waals surface area contributed by atoms with E-state index >= 15 is 0 Å². The third-order valence-electron chi connectivity index (χ3n) is 4.77. The molecule has 0 atom stereocenters. The molecule has 1 aliphatic heterocycles. The Bertz CT molecular complexity index is 1020. The Balaban J connectivity index is 1.38. The molecule has 1 amide bonds. The lowest BCUT2D eigenvalue weighted by molar-refractivity contribution is 0.0946. The van der Waals surface area contributed by atoms with Gasteiger partial charge in [-0.3, -0.25) is 4.79 Å². The van der Waals surface area contributed by atoms with Crippen LogP contribution in [0.4, 0.5) is 11.4 Å². The van der Waals surface area contributed by atoms with Gasteiger partial charge >= 0.3 is 0 Å². The molecule has 3 aromatic rings. The third kappa shape index (κ3) is 3.76. The molecule has 0 spiro atoms. The number of ether oxygens (including phenoxy) is 2. The maximum Gasteiger partial charge on any atom is 0.270 e. The van der Waals surface area contributed by atoms with Crippen LogP contribution in [0.3, 0.4) is 0 Å². The second-order valence-electron chi connectivity index (χ2n) is 6.67. The van der Waals surface area contributed by atoms with Crippen LogP contribution in [-0.4, -0.2) is 17.7 Å². The highest BCUT2D eigenvalue weighted by Gasteiger charge is 2.14. The van der Waals surface area contributed by atoms with Gasteiger partial charge in [0.1, 0.15) is 5.69 Å². The van der Waals surface area contributed by atoms with Crippen LogP contribution < -0.4 is 20.1 Å². The van der Waals surface area contributed by atoms with Crippen molar-refractivity contribution in [2.24, 2.45) is 0 Å². The fraction of sp³-hybridized carbons (Fsp3) is 0.182. The Kier molecular flexibility index (Phi) is 4.85. The number of hydrogen-bond donors (Lipinski definition) is 2. The quantitative estimate of drug-likeness (QED) is 0.702. The van der Waals surface area contributed by atoms with Gasteiger partial charge in [-0.1, -0.05) is 18.2 Å². The molecule has 6 heteroatoms. The molecule has 0 saturated heterocycles. The van der Waals surface area contributed by atoms with Crippen molar-refractivity contribution in [1.29, 1.82) is 0 Å². The van der Waals surface area contributed by atoms with Crippen LogP contribution in [0.25, 0.3) is 0 Å². The molecule has 0 radical (unpaired) electrons. The molecule has 142 valence electrons. The van der Waals surface area contributed by atoms with E-state index in [9.17, 15) is 4.79 Å². The van der Waals surface area contributed by atoms with E-state index < -0.39 is 0 Å². The van der Waals surface area contributed by atoms with Gasteiger partial charge in [-0.15, -0.1) is 0 Å². The predicted molar refractivity (Wildman–Crippen MR) is 107 cm³/mol. The zero-order valence-electron chi connectivity index (χ0n) is 15.8. The minimum atomic E-state index is -0.226. The Morgan fingerprint density at radius 2 is 1.93 bits per heavy atom. The lowest BCUT2D eigenvalue weighted by Gasteiger charge is -2.11. The summed E-state index contributed by atoms with van der Waals surface area (Å²) in [5.41, 5.74) is 5.58. The summed E-state index contributed by atoms with van der Waals surface area (Å²) in [6, 6.07) is 15.3. The first kappa shape index (κ1) is 17.9. The normalized spacial score (nSPS) is 11.9. The molecule has 6 nitrogen and oxygen atoms in total. The van der Waals surface area contributed by atoms with Crippen molar-refractivity contribution in [3.8, 4) is 11.5 Å². The van der Waals surface area contributed by atoms with Gasteiger partial charge in [-0.2, -0.15) is 0 Å². The van der Waals surface area contributed by atoms with Crippen LogP contribution in [-0.2, 0) is 6.54 Å². The van der Waals surface area contributed by atoms with Crippen molar-refractivity contribution in [3.05, 3.63) is 77.1 Å². The first-order valence-electron chi connectivity index (χ1n) is 9.06. The van der Waals surface area contributed by atoms with Crippen molar-refractivity contribution in [3.63, 3.8) is 0 Å². The molecule has 2 aromatic carbocycles. The van der Waals surface area contributed by atoms with Gasteiger partial charge in [-0.25, -0.2) is 4.98 Å². The van der Waals surface area contributed by atoms with Crippen LogP contribution in [0.15, 0.2) is 54.7 Å². The first-order chi connectivity index (χ1) is 13.6. The van der Waals surface area contributed by atoms with Crippen LogP contribution >= 0.6 is 0 Å². The number of benzene rings is 2. The average molecular weight is 375 g/mol. The zero-order chi connectivity index (χ0) is 19.5. The Morgan fingerprint density at radius 1 is 1.07 bits per heavy atom. The molecule has 28 heavy (non-hydrogen) atoms. The van der Waals surface area contributed by atoms with Crippen LogP contribution in [0.1, 0.15) is 27.2 Å². The highest BCUT2D eigenvalue weighted by molar-refractivity contribution is 5.92. The highest BCUT2D eigenvalue weighted by atomic mass is 16.7. The van der Waals surface area contributed by atoms with E-state index in [0.717, 1.165) is 22.7 Å². The minimum absolute atomic E-state index is 0.226. The van der Waals surface area contributed by atoms with Crippen molar-refractivity contribution >= 4 is 17.3 Å². The van der Waals surface area contributed by atoms with Gasteiger partial charge in [0.05, 0.1) is 11.9 Å². The van der Waals surface area contributed by atoms with E-state index in [1.165, 1.54) is 11.1 Å². The molecule has 0 aliphatic carbocycles. The molecular formula is C22H21N3O3. The maximum atomic E-state index is 12.4. The molecular weight excluding hydrogens is 354 g/mol. The fourth-order valence-electron chi connectivity index (χ4n) is 2.97. The van der Waals surface area contributed by atoms with E-state index in [1.54, 1.807) is 12.3 Å². The summed E-state index contributed by atoms with van der Waals surface area (Å²) in [6.45, 7) is 4.77. The number of fused-ring (bicyclic) bond motifs is 1. The number of pyridine rings is 1. The Morgan fingerprint density at radius 3 is 2.75 bits per heavy atom. The Labute approximate surface area is 163 Å². The number of amides is 1. The van der Waals surface area contributed by atoms with Gasteiger partial charge in [0, 0.05) is 12.2 Å². The predicted octanol–water partition coefficient (Wildman–Crippen LogP) is 4.10. The lowest BCUT2D eigenvalue weighted by Crippen LogP contribution is -2.23. The number of aromatic nitrogens is 1. The van der Waals surface area contributed by atoms with E-state index in [0.29, 0.717) is 18.0 Å². The summed E-state index contributed by atoms with van der Waals surface area (Å²) < 4.78 is 10.6. The summed E-state index contributed by atoms with van der Waals surface area (Å²) in [7, 11) is 0. The molecule has 0 unspecified atom stereocenters. The van der Waals surface area contributed by atoms with Gasteiger partial charge in [0.15, 0.2) is 11.5 Å². The summed E-state index contributed by atoms with van der Waals surface area (Å²) in [4.78, 5) is 16.6. The van der Waals surface area contributed by atoms with E-state index in [2.05, 4.69) is 35.5 Å². The number of nitrogens with zero attached hydrogens (tertiary/aromatic N) is 1. The fourth-order valence-corrected chi connectivity index (χ4v) is 2.97. The molecule has 4 rings (SSSR count). The molecule has 0 fully saturated rings. The second-order valence-corrected chi connectivity index (χ2v) is 6.67. The van der Waals surface area contributed by atoms with Crippen molar-refractivity contribution in [2.75, 3.05) is 12.1 Å². The van der Waals surface area contributed by atoms with Crippen molar-refractivity contribution < 1.29 is 14.3 Å². The smallest absolute Gasteiger partial charge is 0.270 e. The lowest BCUT2D eigenvalue weighted by atomic mass is 10.1. The number of carbonyl (C=O) groups excluding carboxylic acids is 1. The average Bonchev–Trinajstić information content (AvgIpc) is 3.18. The number of carbonyl (C=O) groups is 1. The van der Waals surface area contributed by atoms with E-state index in [4.69, 9.17) is 9.47 Å². The Hall–Kier alpha value is -3.54. The van der Waals surface area contributed by atoms with Gasteiger partial charge in [0.2, 0.25) is 6.79 Å². The zero-order valence-corrected chi connectivity index (χ0v) is 15.8. The number of nitrogens with one attached hydrogen (secondary N) is 2. The molecule has 2 heterocycles. The summed E-state index contributed by atoms with van der Waals surface area (Å²) in [5, 5.41) is 6.21. The number of anilines is 2. The minimum Gasteiger partial charge on any atom is -0.454 e. The van der Waals surface area contributed by atoms with Crippen LogP contribution in [0.5, 0.6) is 11.5 Å². The van der Waals surface area contributed by atoms with Gasteiger partial charge in [-0.05, 0) is 60.9 Å². The maximum absolute atomic E-state index is 12.4. The molecule has 1 aliphatic rings. The molecule has 2 N–H and O–H groups in total. The first-order valence-corrected chi connectivity index (χ1v) is 9.06. The summed E-state index contributed by atoms with van der Waals surface area (Å²) >= 11 is 0. The van der Waals surface area contributed by atoms with Crippen LogP contribution in [0, 0.1) is 13.8 Å². The highest BCUT2D eigenvalue weighted by Crippen LogP contribution is 2.32. The van der Waals surface area contributed by atoms with Gasteiger partial charge < -0.3 is 20.1 Å². The van der Waals surface area contributed by atoms with E-state index in [1.807, 2.05) is 36.4 Å². The SMILES string of the molecule is Cc1cccc(Nc2ccc(C(=O)NCc3ccc4c(c3)OCO4)nc2)c1C. The number of rotatable bonds is 5. The standard InChI is InChI=1S/C22H21N3O3/c1-14-4-3-5-18(15(14)2)25-17-7-8-19(23-12-17)22(26)24-11-16-6-9-20-21(10-16)28-13-27-20/h3-10,12,25H,11,13H2,1-2H3,(H,24,26).